The highest BCUT2D eigenvalue weighted by Crippen LogP contribution is 2.44. The minimum atomic E-state index is -1.00. The van der Waals surface area contributed by atoms with Gasteiger partial charge in [0.2, 0.25) is 0 Å². The van der Waals surface area contributed by atoms with Crippen LogP contribution < -0.4 is 0 Å². The summed E-state index contributed by atoms with van der Waals surface area (Å²) >= 11 is 1.63. The van der Waals surface area contributed by atoms with Gasteiger partial charge in [0.05, 0.1) is 6.42 Å². The molecule has 128 valence electrons. The van der Waals surface area contributed by atoms with Gasteiger partial charge >= 0.3 is 5.97 Å². The van der Waals surface area contributed by atoms with Gasteiger partial charge in [-0.2, -0.15) is 0 Å². The van der Waals surface area contributed by atoms with E-state index in [4.69, 9.17) is 5.11 Å². The normalized spacial score (nSPS) is 15.0. The Hall–Kier alpha value is -2.40. The van der Waals surface area contributed by atoms with E-state index in [-0.39, 0.29) is 6.42 Å². The molecule has 0 saturated carbocycles. The van der Waals surface area contributed by atoms with Crippen LogP contribution in [0.4, 0.5) is 8.78 Å². The van der Waals surface area contributed by atoms with Gasteiger partial charge < -0.3 is 5.11 Å². The number of hydrogen-bond acceptors (Lipinski definition) is 2. The monoisotopic (exact) mass is 358 g/mol. The third-order valence-corrected chi connectivity index (χ3v) is 5.03. The van der Waals surface area contributed by atoms with Gasteiger partial charge in [0.1, 0.15) is 0 Å². The lowest BCUT2D eigenvalue weighted by molar-refractivity contribution is -0.135. The highest BCUT2D eigenvalue weighted by Gasteiger charge is 2.27. The Morgan fingerprint density at radius 3 is 2.28 bits per heavy atom. The van der Waals surface area contributed by atoms with E-state index in [9.17, 15) is 13.6 Å². The molecule has 0 fully saturated rings. The highest BCUT2D eigenvalue weighted by molar-refractivity contribution is 7.98. The molecule has 0 heterocycles. The fraction of sp³-hybridized carbons (Fsp3) is 0.150. The molecule has 0 amide bonds. The Balaban J connectivity index is 2.15. The summed E-state index contributed by atoms with van der Waals surface area (Å²) in [6.45, 7) is 1.79. The molecule has 0 aliphatic heterocycles. The summed E-state index contributed by atoms with van der Waals surface area (Å²) in [5.74, 6) is -2.91. The zero-order chi connectivity index (χ0) is 18.1. The van der Waals surface area contributed by atoms with Gasteiger partial charge in [-0.15, -0.1) is 11.8 Å². The number of carboxylic acids is 1. The second-order valence-electron chi connectivity index (χ2n) is 5.82. The standard InChI is InChI=1S/C20H16F2O2S/c1-11-14(7-12-3-5-13(25-2)6-4-12)16-8-18(21)19(22)9-17(16)15(11)10-20(23)24/h3-9H,10H2,1-2H3,(H,23,24)/b14-7+. The Morgan fingerprint density at radius 1 is 1.12 bits per heavy atom. The van der Waals surface area contributed by atoms with Crippen molar-refractivity contribution in [1.29, 1.82) is 0 Å². The maximum Gasteiger partial charge on any atom is 0.307 e. The molecule has 2 nitrogen and oxygen atoms in total. The number of aliphatic carboxylic acids is 1. The third kappa shape index (κ3) is 3.37. The van der Waals surface area contributed by atoms with Crippen LogP contribution in [0.5, 0.6) is 0 Å². The van der Waals surface area contributed by atoms with E-state index in [0.717, 1.165) is 33.7 Å². The van der Waals surface area contributed by atoms with Crippen molar-refractivity contribution in [2.24, 2.45) is 0 Å². The van der Waals surface area contributed by atoms with Crippen LogP contribution in [0, 0.1) is 11.6 Å². The second-order valence-corrected chi connectivity index (χ2v) is 6.70. The number of thioether (sulfide) groups is 1. The van der Waals surface area contributed by atoms with Crippen LogP contribution in [0.15, 0.2) is 46.9 Å². The molecule has 25 heavy (non-hydrogen) atoms. The summed E-state index contributed by atoms with van der Waals surface area (Å²) < 4.78 is 27.4. The molecule has 0 unspecified atom stereocenters. The predicted octanol–water partition coefficient (Wildman–Crippen LogP) is 5.49. The van der Waals surface area contributed by atoms with Crippen molar-refractivity contribution in [2.75, 3.05) is 6.26 Å². The molecular formula is C20H16F2O2S. The first-order chi connectivity index (χ1) is 11.9. The Bertz CT molecular complexity index is 912. The van der Waals surface area contributed by atoms with Crippen molar-refractivity contribution in [3.8, 4) is 0 Å². The molecule has 0 radical (unpaired) electrons. The van der Waals surface area contributed by atoms with Gasteiger partial charge in [0, 0.05) is 4.90 Å². The predicted molar refractivity (Wildman–Crippen MR) is 97.3 cm³/mol. The van der Waals surface area contributed by atoms with E-state index < -0.39 is 17.6 Å². The van der Waals surface area contributed by atoms with Gasteiger partial charge in [0.25, 0.3) is 0 Å². The number of rotatable bonds is 4. The molecule has 3 rings (SSSR count). The van der Waals surface area contributed by atoms with Crippen molar-refractivity contribution in [3.63, 3.8) is 0 Å². The number of carbonyl (C=O) groups is 1. The molecule has 0 aromatic heterocycles. The number of fused-ring (bicyclic) bond motifs is 1. The topological polar surface area (TPSA) is 37.3 Å². The lowest BCUT2D eigenvalue weighted by Gasteiger charge is -2.06. The van der Waals surface area contributed by atoms with Crippen LogP contribution in [-0.4, -0.2) is 17.3 Å². The number of allylic oxidation sites excluding steroid dienone is 2. The van der Waals surface area contributed by atoms with E-state index in [1.165, 1.54) is 0 Å². The van der Waals surface area contributed by atoms with Gasteiger partial charge in [-0.25, -0.2) is 8.78 Å². The highest BCUT2D eigenvalue weighted by atomic mass is 32.2. The van der Waals surface area contributed by atoms with Crippen molar-refractivity contribution in [1.82, 2.24) is 0 Å². The first kappa shape index (κ1) is 17.4. The largest absolute Gasteiger partial charge is 0.481 e. The Kier molecular flexibility index (Phi) is 4.77. The second kappa shape index (κ2) is 6.84. The first-order valence-electron chi connectivity index (χ1n) is 7.68. The van der Waals surface area contributed by atoms with E-state index in [2.05, 4.69) is 0 Å². The minimum Gasteiger partial charge on any atom is -0.481 e. The van der Waals surface area contributed by atoms with Crippen LogP contribution >= 0.6 is 11.8 Å². The lowest BCUT2D eigenvalue weighted by Crippen LogP contribution is -1.98. The van der Waals surface area contributed by atoms with E-state index in [1.807, 2.05) is 36.6 Å². The third-order valence-electron chi connectivity index (χ3n) is 4.29. The van der Waals surface area contributed by atoms with Crippen LogP contribution in [0.3, 0.4) is 0 Å². The summed E-state index contributed by atoms with van der Waals surface area (Å²) in [5.41, 5.74) is 3.87. The fourth-order valence-electron chi connectivity index (χ4n) is 3.02. The molecule has 1 aliphatic rings. The average Bonchev–Trinajstić information content (AvgIpc) is 2.81. The minimum absolute atomic E-state index is 0.230. The molecular weight excluding hydrogens is 342 g/mol. The summed E-state index contributed by atoms with van der Waals surface area (Å²) in [4.78, 5) is 12.3. The molecule has 0 atom stereocenters. The van der Waals surface area contributed by atoms with Crippen LogP contribution in [0.25, 0.3) is 17.2 Å². The molecule has 0 spiro atoms. The van der Waals surface area contributed by atoms with E-state index in [0.29, 0.717) is 16.7 Å². The molecule has 1 aliphatic carbocycles. The molecule has 2 aromatic rings. The summed E-state index contributed by atoms with van der Waals surface area (Å²) in [6, 6.07) is 10.1. The Labute approximate surface area is 148 Å². The van der Waals surface area contributed by atoms with Crippen LogP contribution in [0.2, 0.25) is 0 Å². The molecule has 5 heteroatoms. The molecule has 0 bridgehead atoms. The zero-order valence-electron chi connectivity index (χ0n) is 13.8. The van der Waals surface area contributed by atoms with Gasteiger partial charge in [-0.05, 0) is 76.9 Å². The summed E-state index contributed by atoms with van der Waals surface area (Å²) in [5, 5.41) is 9.15. The number of benzene rings is 2. The number of hydrogen-bond donors (Lipinski definition) is 1. The quantitative estimate of drug-likeness (QED) is 0.735. The summed E-state index contributed by atoms with van der Waals surface area (Å²) in [7, 11) is 0. The fourth-order valence-corrected chi connectivity index (χ4v) is 3.43. The zero-order valence-corrected chi connectivity index (χ0v) is 14.6. The van der Waals surface area contributed by atoms with Gasteiger partial charge in [-0.3, -0.25) is 4.79 Å². The van der Waals surface area contributed by atoms with Gasteiger partial charge in [0.15, 0.2) is 11.6 Å². The molecule has 0 saturated heterocycles. The number of carboxylic acid groups (broad SMARTS) is 1. The lowest BCUT2D eigenvalue weighted by atomic mass is 10.0. The smallest absolute Gasteiger partial charge is 0.307 e. The molecule has 1 N–H and O–H groups in total. The maximum absolute atomic E-state index is 13.8. The van der Waals surface area contributed by atoms with E-state index >= 15 is 0 Å². The van der Waals surface area contributed by atoms with Crippen LogP contribution in [-0.2, 0) is 4.79 Å². The van der Waals surface area contributed by atoms with Crippen molar-refractivity contribution >= 4 is 35.0 Å². The first-order valence-corrected chi connectivity index (χ1v) is 8.90. The maximum atomic E-state index is 13.8. The number of halogens is 2. The van der Waals surface area contributed by atoms with Gasteiger partial charge in [-0.1, -0.05) is 12.1 Å². The SMILES string of the molecule is CSc1ccc(/C=C2\C(C)=C(CC(=O)O)c3cc(F)c(F)cc32)cc1. The average molecular weight is 358 g/mol. The van der Waals surface area contributed by atoms with E-state index in [1.54, 1.807) is 18.7 Å². The van der Waals surface area contributed by atoms with Crippen molar-refractivity contribution < 1.29 is 18.7 Å². The Morgan fingerprint density at radius 2 is 1.72 bits per heavy atom. The summed E-state index contributed by atoms with van der Waals surface area (Å²) in [6.07, 6.45) is 3.64. The molecule has 2 aromatic carbocycles. The van der Waals surface area contributed by atoms with Crippen molar-refractivity contribution in [3.05, 3.63) is 70.3 Å². The van der Waals surface area contributed by atoms with Crippen molar-refractivity contribution in [2.45, 2.75) is 18.2 Å². The van der Waals surface area contributed by atoms with Crippen LogP contribution in [0.1, 0.15) is 30.0 Å².